The lowest BCUT2D eigenvalue weighted by Crippen LogP contribution is -2.01. The van der Waals surface area contributed by atoms with Crippen LogP contribution < -0.4 is 0 Å². The maximum atomic E-state index is 11.9. The normalized spacial score (nSPS) is 11.4. The molecule has 128 valence electrons. The van der Waals surface area contributed by atoms with Gasteiger partial charge in [0, 0.05) is 12.4 Å². The van der Waals surface area contributed by atoms with Gasteiger partial charge in [0.25, 0.3) is 0 Å². The summed E-state index contributed by atoms with van der Waals surface area (Å²) in [5.41, 5.74) is 3.12. The standard InChI is InChI=1S/C21H16N2O3/c24-17-6-1-15(2-7-17)3-8-18(25)14-19(26)9-4-16-5-10-20-21(13-16)23-12-11-22-20/h1-13,24H,14H2/b8-3+,9-4+. The highest BCUT2D eigenvalue weighted by Gasteiger charge is 2.04. The summed E-state index contributed by atoms with van der Waals surface area (Å²) < 4.78 is 0. The summed E-state index contributed by atoms with van der Waals surface area (Å²) in [6, 6.07) is 11.9. The summed E-state index contributed by atoms with van der Waals surface area (Å²) in [6.45, 7) is 0. The van der Waals surface area contributed by atoms with Gasteiger partial charge in [-0.2, -0.15) is 0 Å². The molecule has 0 aliphatic carbocycles. The molecule has 0 bridgehead atoms. The van der Waals surface area contributed by atoms with Crippen LogP contribution in [-0.4, -0.2) is 26.6 Å². The minimum Gasteiger partial charge on any atom is -0.508 e. The van der Waals surface area contributed by atoms with Crippen molar-refractivity contribution in [3.05, 3.63) is 78.1 Å². The molecule has 5 nitrogen and oxygen atoms in total. The Morgan fingerprint density at radius 1 is 0.808 bits per heavy atom. The van der Waals surface area contributed by atoms with Gasteiger partial charge in [-0.05, 0) is 47.5 Å². The summed E-state index contributed by atoms with van der Waals surface area (Å²) in [5, 5.41) is 9.21. The molecule has 0 aliphatic rings. The van der Waals surface area contributed by atoms with Gasteiger partial charge in [-0.3, -0.25) is 19.6 Å². The number of aromatic hydroxyl groups is 1. The van der Waals surface area contributed by atoms with E-state index in [0.717, 1.165) is 22.2 Å². The third-order valence-electron chi connectivity index (χ3n) is 3.66. The summed E-state index contributed by atoms with van der Waals surface area (Å²) >= 11 is 0. The summed E-state index contributed by atoms with van der Waals surface area (Å²) in [5.74, 6) is -0.393. The Kier molecular flexibility index (Phi) is 5.29. The molecule has 0 unspecified atom stereocenters. The first-order valence-electron chi connectivity index (χ1n) is 8.02. The first-order chi connectivity index (χ1) is 12.6. The highest BCUT2D eigenvalue weighted by atomic mass is 16.3. The Labute approximate surface area is 150 Å². The smallest absolute Gasteiger partial charge is 0.163 e. The number of hydrogen-bond acceptors (Lipinski definition) is 5. The van der Waals surface area contributed by atoms with Crippen LogP contribution in [0.2, 0.25) is 0 Å². The molecule has 0 saturated heterocycles. The van der Waals surface area contributed by atoms with Crippen LogP contribution in [0.3, 0.4) is 0 Å². The van der Waals surface area contributed by atoms with E-state index in [1.165, 1.54) is 24.3 Å². The third kappa shape index (κ3) is 4.70. The van der Waals surface area contributed by atoms with Crippen LogP contribution in [-0.2, 0) is 9.59 Å². The van der Waals surface area contributed by atoms with E-state index < -0.39 is 0 Å². The Morgan fingerprint density at radius 3 is 2.08 bits per heavy atom. The van der Waals surface area contributed by atoms with E-state index in [0.29, 0.717) is 0 Å². The molecule has 26 heavy (non-hydrogen) atoms. The maximum absolute atomic E-state index is 11.9. The summed E-state index contributed by atoms with van der Waals surface area (Å²) in [4.78, 5) is 32.2. The molecular weight excluding hydrogens is 328 g/mol. The van der Waals surface area contributed by atoms with E-state index in [1.807, 2.05) is 18.2 Å². The topological polar surface area (TPSA) is 80.1 Å². The van der Waals surface area contributed by atoms with Crippen molar-refractivity contribution >= 4 is 34.8 Å². The van der Waals surface area contributed by atoms with E-state index in [4.69, 9.17) is 0 Å². The number of phenols is 1. The predicted molar refractivity (Wildman–Crippen MR) is 100 cm³/mol. The minimum absolute atomic E-state index is 0.161. The summed E-state index contributed by atoms with van der Waals surface area (Å²) in [7, 11) is 0. The SMILES string of the molecule is O=C(/C=C/c1ccc(O)cc1)CC(=O)/C=C/c1ccc2nccnc2c1. The fourth-order valence-electron chi connectivity index (χ4n) is 2.34. The average molecular weight is 344 g/mol. The van der Waals surface area contributed by atoms with Crippen LogP contribution in [0, 0.1) is 0 Å². The fraction of sp³-hybridized carbons (Fsp3) is 0.0476. The molecule has 0 spiro atoms. The van der Waals surface area contributed by atoms with Gasteiger partial charge in [0.05, 0.1) is 17.5 Å². The van der Waals surface area contributed by atoms with Gasteiger partial charge in [-0.25, -0.2) is 0 Å². The first kappa shape index (κ1) is 17.2. The van der Waals surface area contributed by atoms with Crippen LogP contribution in [0.25, 0.3) is 23.2 Å². The van der Waals surface area contributed by atoms with E-state index >= 15 is 0 Å². The molecule has 0 atom stereocenters. The molecule has 1 aromatic heterocycles. The van der Waals surface area contributed by atoms with E-state index in [9.17, 15) is 14.7 Å². The van der Waals surface area contributed by atoms with Crippen molar-refractivity contribution in [1.82, 2.24) is 9.97 Å². The van der Waals surface area contributed by atoms with Crippen LogP contribution in [0.5, 0.6) is 5.75 Å². The largest absolute Gasteiger partial charge is 0.508 e. The second-order valence-electron chi connectivity index (χ2n) is 5.67. The Hall–Kier alpha value is -3.60. The van der Waals surface area contributed by atoms with Crippen LogP contribution in [0.4, 0.5) is 0 Å². The van der Waals surface area contributed by atoms with Crippen molar-refractivity contribution in [2.45, 2.75) is 6.42 Å². The van der Waals surface area contributed by atoms with Gasteiger partial charge in [0.1, 0.15) is 5.75 Å². The van der Waals surface area contributed by atoms with Crippen molar-refractivity contribution in [2.24, 2.45) is 0 Å². The number of fused-ring (bicyclic) bond motifs is 1. The second-order valence-corrected chi connectivity index (χ2v) is 5.67. The molecule has 0 fully saturated rings. The number of ketones is 2. The number of aromatic nitrogens is 2. The molecular formula is C21H16N2O3. The number of allylic oxidation sites excluding steroid dienone is 2. The molecule has 3 aromatic rings. The van der Waals surface area contributed by atoms with Gasteiger partial charge >= 0.3 is 0 Å². The van der Waals surface area contributed by atoms with E-state index in [-0.39, 0.29) is 23.7 Å². The Morgan fingerprint density at radius 2 is 1.38 bits per heavy atom. The zero-order valence-electron chi connectivity index (χ0n) is 13.9. The van der Waals surface area contributed by atoms with Gasteiger partial charge in [-0.1, -0.05) is 30.4 Å². The molecule has 0 radical (unpaired) electrons. The van der Waals surface area contributed by atoms with E-state index in [2.05, 4.69) is 9.97 Å². The number of carbonyl (C=O) groups is 2. The summed E-state index contributed by atoms with van der Waals surface area (Å²) in [6.07, 6.45) is 9.07. The lowest BCUT2D eigenvalue weighted by atomic mass is 10.1. The number of carbonyl (C=O) groups excluding carboxylic acids is 2. The number of rotatable bonds is 6. The molecule has 1 N–H and O–H groups in total. The van der Waals surface area contributed by atoms with Gasteiger partial charge in [0.15, 0.2) is 11.6 Å². The number of hydrogen-bond donors (Lipinski definition) is 1. The van der Waals surface area contributed by atoms with Crippen molar-refractivity contribution < 1.29 is 14.7 Å². The van der Waals surface area contributed by atoms with E-state index in [1.54, 1.807) is 36.7 Å². The van der Waals surface area contributed by atoms with Gasteiger partial charge < -0.3 is 5.11 Å². The minimum atomic E-state index is -0.280. The predicted octanol–water partition coefficient (Wildman–Crippen LogP) is 3.59. The second kappa shape index (κ2) is 7.98. The highest BCUT2D eigenvalue weighted by Crippen LogP contribution is 2.13. The average Bonchev–Trinajstić information content (AvgIpc) is 2.66. The van der Waals surface area contributed by atoms with Crippen LogP contribution >= 0.6 is 0 Å². The number of benzene rings is 2. The Bertz CT molecular complexity index is 1010. The monoisotopic (exact) mass is 344 g/mol. The van der Waals surface area contributed by atoms with Crippen molar-refractivity contribution in [3.8, 4) is 5.75 Å². The first-order valence-corrected chi connectivity index (χ1v) is 8.02. The van der Waals surface area contributed by atoms with Crippen LogP contribution in [0.1, 0.15) is 17.5 Å². The molecule has 0 aliphatic heterocycles. The fourth-order valence-corrected chi connectivity index (χ4v) is 2.34. The lowest BCUT2D eigenvalue weighted by Gasteiger charge is -1.97. The molecule has 1 heterocycles. The molecule has 3 rings (SSSR count). The molecule has 5 heteroatoms. The van der Waals surface area contributed by atoms with Gasteiger partial charge in [-0.15, -0.1) is 0 Å². The maximum Gasteiger partial charge on any atom is 0.163 e. The molecule has 0 amide bonds. The zero-order chi connectivity index (χ0) is 18.4. The number of nitrogens with zero attached hydrogens (tertiary/aromatic N) is 2. The van der Waals surface area contributed by atoms with Crippen molar-refractivity contribution in [3.63, 3.8) is 0 Å². The van der Waals surface area contributed by atoms with Crippen molar-refractivity contribution in [2.75, 3.05) is 0 Å². The van der Waals surface area contributed by atoms with Crippen molar-refractivity contribution in [1.29, 1.82) is 0 Å². The van der Waals surface area contributed by atoms with Gasteiger partial charge in [0.2, 0.25) is 0 Å². The number of phenolic OH excluding ortho intramolecular Hbond substituents is 1. The Balaban J connectivity index is 1.59. The highest BCUT2D eigenvalue weighted by molar-refractivity contribution is 6.10. The molecule has 0 saturated carbocycles. The van der Waals surface area contributed by atoms with Crippen LogP contribution in [0.15, 0.2) is 67.0 Å². The zero-order valence-corrected chi connectivity index (χ0v) is 13.9. The lowest BCUT2D eigenvalue weighted by molar-refractivity contribution is -0.121. The quantitative estimate of drug-likeness (QED) is 0.546. The molecule has 2 aromatic carbocycles. The third-order valence-corrected chi connectivity index (χ3v) is 3.66.